The molecule has 1 fully saturated rings. The molecule has 0 spiro atoms. The summed E-state index contributed by atoms with van der Waals surface area (Å²) in [6.07, 6.45) is 3.92. The number of amides is 5. The molecule has 0 saturated carbocycles. The van der Waals surface area contributed by atoms with Crippen molar-refractivity contribution in [2.75, 3.05) is 13.1 Å². The Bertz CT molecular complexity index is 1080. The largest absolute Gasteiger partial charge is 0.363 e. The average Bonchev–Trinajstić information content (AvgIpc) is 3.56. The number of fused-ring (bicyclic) bond motifs is 1. The molecule has 206 valence electrons. The fourth-order valence-corrected chi connectivity index (χ4v) is 5.27. The number of allylic oxidation sites excluding steroid dienone is 1. The molecule has 5 amide bonds. The second kappa shape index (κ2) is 13.2. The van der Waals surface area contributed by atoms with Crippen LogP contribution in [0.3, 0.4) is 0 Å². The first-order valence-electron chi connectivity index (χ1n) is 13.5. The van der Waals surface area contributed by atoms with Crippen LogP contribution in [-0.2, 0) is 32.0 Å². The van der Waals surface area contributed by atoms with E-state index in [0.29, 0.717) is 45.2 Å². The van der Waals surface area contributed by atoms with Crippen molar-refractivity contribution in [1.82, 2.24) is 20.9 Å². The molecule has 38 heavy (non-hydrogen) atoms. The molecule has 2 atom stereocenters. The summed E-state index contributed by atoms with van der Waals surface area (Å²) in [7, 11) is 0. The van der Waals surface area contributed by atoms with Crippen LogP contribution in [0.4, 0.5) is 4.79 Å². The fraction of sp³-hybridized carbons (Fsp3) is 0.536. The Labute approximate surface area is 223 Å². The highest BCUT2D eigenvalue weighted by Gasteiger charge is 2.39. The molecule has 0 radical (unpaired) electrons. The number of urea groups is 1. The molecule has 10 nitrogen and oxygen atoms in total. The molecule has 0 aromatic heterocycles. The molecule has 2 unspecified atom stereocenters. The SMILES string of the molecule is CCNC(=O)NC(C(=O)N1CCCC1C(=O)NC(CC(CC)CC)C(=O)C(N)=O)=C1Cc2ccccc2C1. The number of carbonyl (C=O) groups excluding carboxylic acids is 5. The zero-order valence-corrected chi connectivity index (χ0v) is 22.5. The number of Topliss-reactive ketones (excluding diaryl/α,β-unsaturated/α-hetero) is 1. The van der Waals surface area contributed by atoms with Crippen LogP contribution in [0.2, 0.25) is 0 Å². The minimum absolute atomic E-state index is 0.131. The molecule has 1 saturated heterocycles. The van der Waals surface area contributed by atoms with Gasteiger partial charge in [0, 0.05) is 13.1 Å². The van der Waals surface area contributed by atoms with E-state index in [1.807, 2.05) is 38.1 Å². The van der Waals surface area contributed by atoms with Crippen LogP contribution in [0.15, 0.2) is 35.5 Å². The summed E-state index contributed by atoms with van der Waals surface area (Å²) >= 11 is 0. The molecule has 3 rings (SSSR count). The van der Waals surface area contributed by atoms with E-state index in [-0.39, 0.29) is 11.6 Å². The van der Waals surface area contributed by atoms with Crippen molar-refractivity contribution < 1.29 is 24.0 Å². The Hall–Kier alpha value is -3.69. The van der Waals surface area contributed by atoms with Gasteiger partial charge in [-0.2, -0.15) is 0 Å². The first-order chi connectivity index (χ1) is 18.2. The summed E-state index contributed by atoms with van der Waals surface area (Å²) in [5.74, 6) is -2.75. The van der Waals surface area contributed by atoms with Gasteiger partial charge in [-0.3, -0.25) is 19.2 Å². The fourth-order valence-electron chi connectivity index (χ4n) is 5.27. The third kappa shape index (κ3) is 6.79. The normalized spacial score (nSPS) is 17.1. The lowest BCUT2D eigenvalue weighted by molar-refractivity contribution is -0.140. The zero-order chi connectivity index (χ0) is 27.8. The number of carbonyl (C=O) groups is 5. The van der Waals surface area contributed by atoms with Crippen molar-refractivity contribution in [3.05, 3.63) is 46.7 Å². The monoisotopic (exact) mass is 525 g/mol. The van der Waals surface area contributed by atoms with Crippen LogP contribution in [-0.4, -0.2) is 59.6 Å². The molecule has 2 aliphatic rings. The number of benzene rings is 1. The lowest BCUT2D eigenvalue weighted by Crippen LogP contribution is -2.54. The second-order valence-corrected chi connectivity index (χ2v) is 9.95. The summed E-state index contributed by atoms with van der Waals surface area (Å²) < 4.78 is 0. The van der Waals surface area contributed by atoms with Gasteiger partial charge in [-0.05, 0) is 61.6 Å². The van der Waals surface area contributed by atoms with Crippen molar-refractivity contribution in [1.29, 1.82) is 0 Å². The van der Waals surface area contributed by atoms with Gasteiger partial charge in [-0.1, -0.05) is 51.0 Å². The van der Waals surface area contributed by atoms with Gasteiger partial charge in [0.25, 0.3) is 11.8 Å². The minimum Gasteiger partial charge on any atom is -0.363 e. The van der Waals surface area contributed by atoms with E-state index in [4.69, 9.17) is 5.73 Å². The number of hydrogen-bond acceptors (Lipinski definition) is 5. The van der Waals surface area contributed by atoms with E-state index in [1.165, 1.54) is 4.90 Å². The van der Waals surface area contributed by atoms with Gasteiger partial charge in [0.05, 0.1) is 6.04 Å². The maximum Gasteiger partial charge on any atom is 0.319 e. The van der Waals surface area contributed by atoms with E-state index in [2.05, 4.69) is 16.0 Å². The maximum absolute atomic E-state index is 13.8. The van der Waals surface area contributed by atoms with Crippen molar-refractivity contribution >= 4 is 29.5 Å². The zero-order valence-electron chi connectivity index (χ0n) is 22.5. The molecule has 1 aliphatic carbocycles. The maximum atomic E-state index is 13.8. The van der Waals surface area contributed by atoms with Crippen molar-refractivity contribution in [2.45, 2.75) is 77.8 Å². The number of nitrogens with one attached hydrogen (secondary N) is 3. The van der Waals surface area contributed by atoms with E-state index >= 15 is 0 Å². The summed E-state index contributed by atoms with van der Waals surface area (Å²) in [6.45, 7) is 6.47. The van der Waals surface area contributed by atoms with E-state index in [9.17, 15) is 24.0 Å². The Morgan fingerprint density at radius 3 is 2.21 bits per heavy atom. The molecule has 5 N–H and O–H groups in total. The quantitative estimate of drug-likeness (QED) is 0.256. The van der Waals surface area contributed by atoms with Crippen molar-refractivity contribution in [3.63, 3.8) is 0 Å². The highest BCUT2D eigenvalue weighted by Crippen LogP contribution is 2.29. The summed E-state index contributed by atoms with van der Waals surface area (Å²) in [5, 5.41) is 8.11. The number of rotatable bonds is 11. The Kier molecular flexibility index (Phi) is 10.0. The number of hydrogen-bond donors (Lipinski definition) is 4. The van der Waals surface area contributed by atoms with Crippen molar-refractivity contribution in [3.8, 4) is 0 Å². The summed E-state index contributed by atoms with van der Waals surface area (Å²) in [6, 6.07) is 5.51. The predicted molar refractivity (Wildman–Crippen MR) is 143 cm³/mol. The Morgan fingerprint density at radius 2 is 1.66 bits per heavy atom. The highest BCUT2D eigenvalue weighted by molar-refractivity contribution is 6.37. The van der Waals surface area contributed by atoms with Crippen LogP contribution in [0.1, 0.15) is 64.0 Å². The van der Waals surface area contributed by atoms with E-state index < -0.39 is 41.6 Å². The minimum atomic E-state index is -1.10. The van der Waals surface area contributed by atoms with Crippen LogP contribution in [0.25, 0.3) is 0 Å². The summed E-state index contributed by atoms with van der Waals surface area (Å²) in [4.78, 5) is 65.3. The third-order valence-electron chi connectivity index (χ3n) is 7.49. The molecular weight excluding hydrogens is 486 g/mol. The number of ketones is 1. The first-order valence-corrected chi connectivity index (χ1v) is 13.5. The predicted octanol–water partition coefficient (Wildman–Crippen LogP) is 1.71. The van der Waals surface area contributed by atoms with Gasteiger partial charge in [-0.25, -0.2) is 4.79 Å². The number of likely N-dealkylation sites (tertiary alicyclic amines) is 1. The molecule has 1 aromatic carbocycles. The average molecular weight is 526 g/mol. The molecule has 10 heteroatoms. The van der Waals surface area contributed by atoms with Crippen LogP contribution in [0.5, 0.6) is 0 Å². The van der Waals surface area contributed by atoms with E-state index in [0.717, 1.165) is 29.5 Å². The molecular formula is C28H39N5O5. The Morgan fingerprint density at radius 1 is 1.03 bits per heavy atom. The van der Waals surface area contributed by atoms with Gasteiger partial charge >= 0.3 is 6.03 Å². The highest BCUT2D eigenvalue weighted by atomic mass is 16.2. The molecule has 1 heterocycles. The van der Waals surface area contributed by atoms with Gasteiger partial charge in [0.1, 0.15) is 11.7 Å². The molecule has 1 aromatic rings. The van der Waals surface area contributed by atoms with Crippen LogP contribution >= 0.6 is 0 Å². The van der Waals surface area contributed by atoms with Gasteiger partial charge < -0.3 is 26.6 Å². The molecule has 0 bridgehead atoms. The lowest BCUT2D eigenvalue weighted by atomic mass is 9.92. The Balaban J connectivity index is 1.84. The van der Waals surface area contributed by atoms with Crippen LogP contribution < -0.4 is 21.7 Å². The van der Waals surface area contributed by atoms with E-state index in [1.54, 1.807) is 6.92 Å². The lowest BCUT2D eigenvalue weighted by Gasteiger charge is -2.28. The molecule has 1 aliphatic heterocycles. The topological polar surface area (TPSA) is 151 Å². The van der Waals surface area contributed by atoms with Crippen LogP contribution in [0, 0.1) is 5.92 Å². The second-order valence-electron chi connectivity index (χ2n) is 9.95. The summed E-state index contributed by atoms with van der Waals surface area (Å²) in [5.41, 5.74) is 8.40. The van der Waals surface area contributed by atoms with Crippen molar-refractivity contribution in [2.24, 2.45) is 11.7 Å². The standard InChI is InChI=1S/C28H39N5O5/c1-4-17(5-2)14-21(24(34)25(29)35)31-26(36)22-12-9-13-33(22)27(37)23(32-28(38)30-6-3)20-15-18-10-7-8-11-19(18)16-20/h7-8,10-11,17,21-22H,4-6,9,12-16H2,1-3H3,(H2,29,35)(H,31,36)(H2,30,32,38). The van der Waals surface area contributed by atoms with Gasteiger partial charge in [0.15, 0.2) is 0 Å². The number of nitrogens with zero attached hydrogens (tertiary/aromatic N) is 1. The number of primary amides is 1. The van der Waals surface area contributed by atoms with Gasteiger partial charge in [-0.15, -0.1) is 0 Å². The first kappa shape index (κ1) is 28.9. The number of nitrogens with two attached hydrogens (primary N) is 1. The third-order valence-corrected chi connectivity index (χ3v) is 7.49. The van der Waals surface area contributed by atoms with Gasteiger partial charge in [0.2, 0.25) is 11.7 Å². The smallest absolute Gasteiger partial charge is 0.319 e.